The van der Waals surface area contributed by atoms with Gasteiger partial charge in [-0.1, -0.05) is 94.1 Å². The van der Waals surface area contributed by atoms with Gasteiger partial charge in [0, 0.05) is 17.8 Å². The van der Waals surface area contributed by atoms with E-state index >= 15 is 0 Å². The number of benzene rings is 3. The predicted octanol–water partition coefficient (Wildman–Crippen LogP) is 11.3. The van der Waals surface area contributed by atoms with E-state index in [0.29, 0.717) is 5.92 Å². The lowest BCUT2D eigenvalue weighted by Gasteiger charge is -2.29. The first-order valence-electron chi connectivity index (χ1n) is 16.8. The van der Waals surface area contributed by atoms with Crippen molar-refractivity contribution < 1.29 is 4.74 Å². The molecule has 2 nitrogen and oxygen atoms in total. The molecule has 0 bridgehead atoms. The number of anilines is 1. The van der Waals surface area contributed by atoms with Gasteiger partial charge < -0.3 is 10.1 Å². The molecule has 5 rings (SSSR count). The molecule has 2 heteroatoms. The molecule has 2 fully saturated rings. The molecular formula is C40H53NO. The van der Waals surface area contributed by atoms with Crippen LogP contribution in [0.4, 0.5) is 5.69 Å². The monoisotopic (exact) mass is 563 g/mol. The summed E-state index contributed by atoms with van der Waals surface area (Å²) < 4.78 is 6.46. The smallest absolute Gasteiger partial charge is 0.119 e. The van der Waals surface area contributed by atoms with Crippen LogP contribution >= 0.6 is 0 Å². The third-order valence-corrected chi connectivity index (χ3v) is 10.1. The van der Waals surface area contributed by atoms with Crippen LogP contribution in [0.3, 0.4) is 0 Å². The highest BCUT2D eigenvalue weighted by Gasteiger charge is 2.41. The van der Waals surface area contributed by atoms with Crippen LogP contribution in [-0.4, -0.2) is 13.2 Å². The Bertz CT molecular complexity index is 1280. The van der Waals surface area contributed by atoms with Gasteiger partial charge in [0.2, 0.25) is 0 Å². The fraction of sp³-hybridized carbons (Fsp3) is 0.500. The number of nitrogens with one attached hydrogen (secondary N) is 1. The van der Waals surface area contributed by atoms with Gasteiger partial charge in [0.25, 0.3) is 0 Å². The van der Waals surface area contributed by atoms with Crippen molar-refractivity contribution in [2.24, 2.45) is 11.8 Å². The Morgan fingerprint density at radius 3 is 2.45 bits per heavy atom. The van der Waals surface area contributed by atoms with E-state index in [4.69, 9.17) is 4.74 Å². The van der Waals surface area contributed by atoms with E-state index in [0.717, 1.165) is 43.6 Å². The van der Waals surface area contributed by atoms with Crippen molar-refractivity contribution >= 4 is 5.69 Å². The van der Waals surface area contributed by atoms with Gasteiger partial charge in [-0.25, -0.2) is 0 Å². The zero-order valence-electron chi connectivity index (χ0n) is 26.5. The summed E-state index contributed by atoms with van der Waals surface area (Å²) in [6, 6.07) is 25.1. The molecule has 0 aromatic heterocycles. The van der Waals surface area contributed by atoms with Crippen molar-refractivity contribution in [2.75, 3.05) is 18.5 Å². The maximum atomic E-state index is 6.46. The van der Waals surface area contributed by atoms with Gasteiger partial charge in [-0.05, 0) is 115 Å². The molecule has 0 spiro atoms. The highest BCUT2D eigenvalue weighted by atomic mass is 16.5. The largest absolute Gasteiger partial charge is 0.493 e. The molecular weight excluding hydrogens is 510 g/mol. The van der Waals surface area contributed by atoms with E-state index in [9.17, 15) is 0 Å². The molecule has 2 unspecified atom stereocenters. The minimum Gasteiger partial charge on any atom is -0.493 e. The molecule has 224 valence electrons. The number of hydrogen-bond donors (Lipinski definition) is 1. The van der Waals surface area contributed by atoms with Crippen molar-refractivity contribution in [3.05, 3.63) is 96.1 Å². The van der Waals surface area contributed by atoms with Gasteiger partial charge >= 0.3 is 0 Å². The van der Waals surface area contributed by atoms with E-state index in [2.05, 4.69) is 105 Å². The summed E-state index contributed by atoms with van der Waals surface area (Å²) in [5.74, 6) is 3.05. The summed E-state index contributed by atoms with van der Waals surface area (Å²) in [5, 5.41) is 3.82. The first kappa shape index (κ1) is 30.5. The van der Waals surface area contributed by atoms with E-state index in [1.54, 1.807) is 0 Å². The normalized spacial score (nSPS) is 17.8. The summed E-state index contributed by atoms with van der Waals surface area (Å²) in [4.78, 5) is 0. The minimum atomic E-state index is 0.176. The van der Waals surface area contributed by atoms with Crippen molar-refractivity contribution in [3.8, 4) is 16.9 Å². The molecule has 2 atom stereocenters. The number of hydrogen-bond acceptors (Lipinski definition) is 2. The maximum absolute atomic E-state index is 6.46. The molecule has 3 aromatic carbocycles. The van der Waals surface area contributed by atoms with Crippen LogP contribution in [0.15, 0.2) is 79.4 Å². The molecule has 2 aliphatic carbocycles. The Balaban J connectivity index is 1.20. The topological polar surface area (TPSA) is 21.3 Å². The summed E-state index contributed by atoms with van der Waals surface area (Å²) in [5.41, 5.74) is 8.24. The van der Waals surface area contributed by atoms with E-state index < -0.39 is 0 Å². The number of aryl methyl sites for hydroxylation is 1. The number of rotatable bonds is 15. The van der Waals surface area contributed by atoms with Crippen LogP contribution in [0.5, 0.6) is 5.75 Å². The lowest BCUT2D eigenvalue weighted by molar-refractivity contribution is 0.233. The van der Waals surface area contributed by atoms with E-state index in [1.807, 2.05) is 0 Å². The summed E-state index contributed by atoms with van der Waals surface area (Å²) >= 11 is 0. The van der Waals surface area contributed by atoms with Crippen molar-refractivity contribution in [3.63, 3.8) is 0 Å². The van der Waals surface area contributed by atoms with Gasteiger partial charge in [-0.3, -0.25) is 0 Å². The summed E-state index contributed by atoms with van der Waals surface area (Å²) in [6.45, 7) is 12.6. The molecule has 42 heavy (non-hydrogen) atoms. The van der Waals surface area contributed by atoms with Gasteiger partial charge in [0.05, 0.1) is 6.61 Å². The third-order valence-electron chi connectivity index (χ3n) is 10.1. The molecule has 0 radical (unpaired) electrons. The van der Waals surface area contributed by atoms with Crippen molar-refractivity contribution in [2.45, 2.75) is 103 Å². The van der Waals surface area contributed by atoms with Gasteiger partial charge in [-0.2, -0.15) is 0 Å². The molecule has 3 aromatic rings. The molecule has 2 saturated carbocycles. The molecule has 2 aliphatic rings. The first-order valence-corrected chi connectivity index (χ1v) is 16.8. The van der Waals surface area contributed by atoms with E-state index in [1.165, 1.54) is 91.3 Å². The lowest BCUT2D eigenvalue weighted by atomic mass is 9.75. The van der Waals surface area contributed by atoms with Crippen molar-refractivity contribution in [1.82, 2.24) is 0 Å². The highest BCUT2D eigenvalue weighted by molar-refractivity contribution is 5.78. The number of allylic oxidation sites excluding steroid dienone is 1. The zero-order valence-corrected chi connectivity index (χ0v) is 26.5. The van der Waals surface area contributed by atoms with Crippen LogP contribution in [-0.2, 0) is 5.41 Å². The Kier molecular flexibility index (Phi) is 10.5. The average molecular weight is 564 g/mol. The fourth-order valence-electron chi connectivity index (χ4n) is 7.25. The second-order valence-corrected chi connectivity index (χ2v) is 13.4. The average Bonchev–Trinajstić information content (AvgIpc) is 3.87. The lowest BCUT2D eigenvalue weighted by Crippen LogP contribution is -2.24. The van der Waals surface area contributed by atoms with Crippen LogP contribution in [0.2, 0.25) is 0 Å². The quantitative estimate of drug-likeness (QED) is 0.186. The maximum Gasteiger partial charge on any atom is 0.119 e. The molecule has 0 aliphatic heterocycles. The Labute approximate surface area is 256 Å². The molecule has 0 saturated heterocycles. The second kappa shape index (κ2) is 14.5. The van der Waals surface area contributed by atoms with Crippen LogP contribution in [0.1, 0.15) is 107 Å². The summed E-state index contributed by atoms with van der Waals surface area (Å²) in [6.07, 6.45) is 16.1. The predicted molar refractivity (Wildman–Crippen MR) is 181 cm³/mol. The fourth-order valence-corrected chi connectivity index (χ4v) is 7.25. The molecule has 0 heterocycles. The van der Waals surface area contributed by atoms with Crippen LogP contribution in [0, 0.1) is 18.8 Å². The van der Waals surface area contributed by atoms with Crippen molar-refractivity contribution in [1.29, 1.82) is 0 Å². The Morgan fingerprint density at radius 2 is 1.74 bits per heavy atom. The standard InChI is InChI=1S/C40H53NO/c1-5-11-31(29-42-37-15-10-14-36(28-37)40(4,25-6-2)35-21-22-35)24-26-41-39-27-30(3)16-23-38(39)34-19-17-33(18-20-34)32-12-8-7-9-13-32/h6,10,14-20,23,27-28,31-32,35,41H,2,5,7-9,11-13,21-22,24-26,29H2,1,3-4H3. The van der Waals surface area contributed by atoms with E-state index in [-0.39, 0.29) is 5.41 Å². The number of ether oxygens (including phenoxy) is 1. The van der Waals surface area contributed by atoms with Gasteiger partial charge in [0.15, 0.2) is 0 Å². The minimum absolute atomic E-state index is 0.176. The van der Waals surface area contributed by atoms with Gasteiger partial charge in [-0.15, -0.1) is 6.58 Å². The van der Waals surface area contributed by atoms with Crippen LogP contribution in [0.25, 0.3) is 11.1 Å². The van der Waals surface area contributed by atoms with Gasteiger partial charge in [0.1, 0.15) is 5.75 Å². The third kappa shape index (κ3) is 7.68. The first-order chi connectivity index (χ1) is 20.5. The SMILES string of the molecule is C=CCC(C)(c1cccc(OCC(CCC)CCNc2cc(C)ccc2-c2ccc(C3CCCCC3)cc2)c1)C1CC1. The Morgan fingerprint density at radius 1 is 0.952 bits per heavy atom. The summed E-state index contributed by atoms with van der Waals surface area (Å²) in [7, 11) is 0. The Hall–Kier alpha value is -3.00. The zero-order chi connectivity index (χ0) is 29.4. The molecule has 0 amide bonds. The van der Waals surface area contributed by atoms with Crippen LogP contribution < -0.4 is 10.1 Å². The second-order valence-electron chi connectivity index (χ2n) is 13.4. The molecule has 1 N–H and O–H groups in total. The highest BCUT2D eigenvalue weighted by Crippen LogP contribution is 2.50.